The number of nitrogens with zero attached hydrogens (tertiary/aromatic N) is 2. The second-order valence-electron chi connectivity index (χ2n) is 6.67. The van der Waals surface area contributed by atoms with E-state index < -0.39 is 0 Å². The lowest BCUT2D eigenvalue weighted by Crippen LogP contribution is -2.21. The van der Waals surface area contributed by atoms with Gasteiger partial charge in [0.05, 0.1) is 18.5 Å². The molecular formula is C22H22N4O2. The van der Waals surface area contributed by atoms with Crippen molar-refractivity contribution in [2.45, 2.75) is 20.0 Å². The SMILES string of the molecule is COc1cccc(CNCc2cc3c(C)nn(-c4ccccc4)c3[nH]c2=O)c1. The van der Waals surface area contributed by atoms with Gasteiger partial charge in [0.25, 0.3) is 5.56 Å². The van der Waals surface area contributed by atoms with Gasteiger partial charge in [0.15, 0.2) is 0 Å². The molecule has 4 aromatic rings. The molecule has 0 saturated carbocycles. The van der Waals surface area contributed by atoms with Crippen molar-refractivity contribution in [2.24, 2.45) is 0 Å². The second-order valence-corrected chi connectivity index (χ2v) is 6.67. The molecule has 28 heavy (non-hydrogen) atoms. The van der Waals surface area contributed by atoms with Gasteiger partial charge in [0.2, 0.25) is 0 Å². The zero-order valence-corrected chi connectivity index (χ0v) is 15.9. The highest BCUT2D eigenvalue weighted by Gasteiger charge is 2.12. The molecule has 2 aromatic heterocycles. The van der Waals surface area contributed by atoms with Crippen LogP contribution in [0.4, 0.5) is 0 Å². The highest BCUT2D eigenvalue weighted by Crippen LogP contribution is 2.19. The van der Waals surface area contributed by atoms with E-state index in [1.54, 1.807) is 11.8 Å². The van der Waals surface area contributed by atoms with Crippen LogP contribution < -0.4 is 15.6 Å². The zero-order chi connectivity index (χ0) is 19.5. The standard InChI is InChI=1S/C22H22N4O2/c1-15-20-12-17(14-23-13-16-7-6-10-19(11-16)28-2)22(27)24-21(20)26(25-15)18-8-4-3-5-9-18/h3-12,23H,13-14H2,1-2H3,(H,24,27). The van der Waals surface area contributed by atoms with Gasteiger partial charge in [-0.3, -0.25) is 4.79 Å². The quantitative estimate of drug-likeness (QED) is 0.543. The Labute approximate surface area is 162 Å². The van der Waals surface area contributed by atoms with E-state index in [4.69, 9.17) is 4.74 Å². The first kappa shape index (κ1) is 18.0. The zero-order valence-electron chi connectivity index (χ0n) is 15.9. The molecule has 6 nitrogen and oxygen atoms in total. The maximum Gasteiger partial charge on any atom is 0.254 e. The number of aryl methyl sites for hydroxylation is 1. The minimum Gasteiger partial charge on any atom is -0.497 e. The van der Waals surface area contributed by atoms with Gasteiger partial charge in [-0.15, -0.1) is 0 Å². The number of H-pyrrole nitrogens is 1. The van der Waals surface area contributed by atoms with Gasteiger partial charge in [-0.05, 0) is 42.8 Å². The van der Waals surface area contributed by atoms with Gasteiger partial charge in [0.1, 0.15) is 11.4 Å². The van der Waals surface area contributed by atoms with Crippen molar-refractivity contribution in [3.63, 3.8) is 0 Å². The van der Waals surface area contributed by atoms with E-state index in [2.05, 4.69) is 15.4 Å². The summed E-state index contributed by atoms with van der Waals surface area (Å²) in [6, 6.07) is 19.6. The van der Waals surface area contributed by atoms with E-state index in [0.717, 1.165) is 28.1 Å². The fraction of sp³-hybridized carbons (Fsp3) is 0.182. The molecule has 0 saturated heterocycles. The average Bonchev–Trinajstić information content (AvgIpc) is 3.04. The Hall–Kier alpha value is -3.38. The molecule has 6 heteroatoms. The number of aromatic nitrogens is 3. The van der Waals surface area contributed by atoms with Crippen LogP contribution in [0.25, 0.3) is 16.7 Å². The molecule has 142 valence electrons. The maximum atomic E-state index is 12.6. The van der Waals surface area contributed by atoms with E-state index >= 15 is 0 Å². The van der Waals surface area contributed by atoms with Gasteiger partial charge >= 0.3 is 0 Å². The fourth-order valence-corrected chi connectivity index (χ4v) is 3.27. The highest BCUT2D eigenvalue weighted by molar-refractivity contribution is 5.80. The Bertz CT molecular complexity index is 1160. The molecule has 0 fully saturated rings. The number of hydrogen-bond donors (Lipinski definition) is 2. The van der Waals surface area contributed by atoms with Gasteiger partial charge in [0, 0.05) is 24.0 Å². The topological polar surface area (TPSA) is 71.9 Å². The van der Waals surface area contributed by atoms with Crippen LogP contribution in [0, 0.1) is 6.92 Å². The number of para-hydroxylation sites is 1. The predicted molar refractivity (Wildman–Crippen MR) is 110 cm³/mol. The largest absolute Gasteiger partial charge is 0.497 e. The lowest BCUT2D eigenvalue weighted by atomic mass is 10.2. The first-order valence-corrected chi connectivity index (χ1v) is 9.16. The van der Waals surface area contributed by atoms with Crippen LogP contribution >= 0.6 is 0 Å². The number of pyridine rings is 1. The first-order chi connectivity index (χ1) is 13.7. The summed E-state index contributed by atoms with van der Waals surface area (Å²) in [5.74, 6) is 0.822. The van der Waals surface area contributed by atoms with Gasteiger partial charge < -0.3 is 15.0 Å². The van der Waals surface area contributed by atoms with Gasteiger partial charge in [-0.1, -0.05) is 30.3 Å². The Balaban J connectivity index is 1.58. The first-order valence-electron chi connectivity index (χ1n) is 9.16. The maximum absolute atomic E-state index is 12.6. The van der Waals surface area contributed by atoms with Gasteiger partial charge in [-0.2, -0.15) is 5.10 Å². The number of hydrogen-bond acceptors (Lipinski definition) is 4. The lowest BCUT2D eigenvalue weighted by Gasteiger charge is -2.07. The number of nitrogens with one attached hydrogen (secondary N) is 2. The Morgan fingerprint density at radius 2 is 1.89 bits per heavy atom. The third-order valence-corrected chi connectivity index (χ3v) is 4.73. The molecule has 2 aromatic carbocycles. The minimum atomic E-state index is -0.109. The number of fused-ring (bicyclic) bond motifs is 1. The van der Waals surface area contributed by atoms with Crippen molar-refractivity contribution in [1.29, 1.82) is 0 Å². The van der Waals surface area contributed by atoms with E-state index in [1.165, 1.54) is 0 Å². The van der Waals surface area contributed by atoms with Crippen LogP contribution in [0.1, 0.15) is 16.8 Å². The predicted octanol–water partition coefficient (Wildman–Crippen LogP) is 3.32. The van der Waals surface area contributed by atoms with Crippen molar-refractivity contribution in [3.05, 3.63) is 87.8 Å². The van der Waals surface area contributed by atoms with Gasteiger partial charge in [-0.25, -0.2) is 4.68 Å². The number of ether oxygens (including phenoxy) is 1. The highest BCUT2D eigenvalue weighted by atomic mass is 16.5. The molecule has 0 bridgehead atoms. The summed E-state index contributed by atoms with van der Waals surface area (Å²) in [7, 11) is 1.65. The van der Waals surface area contributed by atoms with E-state index in [1.807, 2.05) is 67.6 Å². The van der Waals surface area contributed by atoms with Crippen molar-refractivity contribution in [2.75, 3.05) is 7.11 Å². The van der Waals surface area contributed by atoms with Crippen LogP contribution in [0.3, 0.4) is 0 Å². The summed E-state index contributed by atoms with van der Waals surface area (Å²) in [4.78, 5) is 15.6. The van der Waals surface area contributed by atoms with E-state index in [9.17, 15) is 4.79 Å². The number of rotatable bonds is 6. The van der Waals surface area contributed by atoms with Crippen molar-refractivity contribution in [1.82, 2.24) is 20.1 Å². The fourth-order valence-electron chi connectivity index (χ4n) is 3.27. The molecular weight excluding hydrogens is 352 g/mol. The minimum absolute atomic E-state index is 0.109. The average molecular weight is 374 g/mol. The normalized spacial score (nSPS) is 11.1. The third-order valence-electron chi connectivity index (χ3n) is 4.73. The van der Waals surface area contributed by atoms with Crippen LogP contribution in [0.2, 0.25) is 0 Å². The van der Waals surface area contributed by atoms with Crippen LogP contribution in [-0.4, -0.2) is 21.9 Å². The van der Waals surface area contributed by atoms with Crippen LogP contribution in [-0.2, 0) is 13.1 Å². The van der Waals surface area contributed by atoms with Crippen LogP contribution in [0.15, 0.2) is 65.5 Å². The van der Waals surface area contributed by atoms with Crippen LogP contribution in [0.5, 0.6) is 5.75 Å². The molecule has 0 amide bonds. The molecule has 0 spiro atoms. The Kier molecular flexibility index (Phi) is 4.95. The number of benzene rings is 2. The van der Waals surface area contributed by atoms with E-state index in [0.29, 0.717) is 24.3 Å². The summed E-state index contributed by atoms with van der Waals surface area (Å²) >= 11 is 0. The summed E-state index contributed by atoms with van der Waals surface area (Å²) in [6.07, 6.45) is 0. The summed E-state index contributed by atoms with van der Waals surface area (Å²) < 4.78 is 7.02. The summed E-state index contributed by atoms with van der Waals surface area (Å²) in [5, 5.41) is 8.88. The molecule has 0 unspecified atom stereocenters. The Morgan fingerprint density at radius 3 is 2.68 bits per heavy atom. The molecule has 0 radical (unpaired) electrons. The van der Waals surface area contributed by atoms with Crippen molar-refractivity contribution >= 4 is 11.0 Å². The lowest BCUT2D eigenvalue weighted by molar-refractivity contribution is 0.414. The molecule has 0 atom stereocenters. The second kappa shape index (κ2) is 7.70. The van der Waals surface area contributed by atoms with E-state index in [-0.39, 0.29) is 5.56 Å². The Morgan fingerprint density at radius 1 is 1.07 bits per heavy atom. The summed E-state index contributed by atoms with van der Waals surface area (Å²) in [5.41, 5.74) is 4.19. The van der Waals surface area contributed by atoms with Crippen molar-refractivity contribution < 1.29 is 4.74 Å². The number of methoxy groups -OCH3 is 1. The number of aromatic amines is 1. The molecule has 0 aliphatic carbocycles. The summed E-state index contributed by atoms with van der Waals surface area (Å²) in [6.45, 7) is 3.07. The van der Waals surface area contributed by atoms with Crippen molar-refractivity contribution in [3.8, 4) is 11.4 Å². The monoisotopic (exact) mass is 374 g/mol. The molecule has 2 heterocycles. The molecule has 0 aliphatic rings. The third kappa shape index (κ3) is 3.54. The molecule has 2 N–H and O–H groups in total. The molecule has 4 rings (SSSR count). The molecule has 0 aliphatic heterocycles. The smallest absolute Gasteiger partial charge is 0.254 e.